The third-order valence-corrected chi connectivity index (χ3v) is 4.62. The molecular formula is C19H22N6O. The van der Waals surface area contributed by atoms with Crippen molar-refractivity contribution in [3.8, 4) is 5.75 Å². The Morgan fingerprint density at radius 2 is 1.85 bits per heavy atom. The summed E-state index contributed by atoms with van der Waals surface area (Å²) in [4.78, 5) is 17.4. The first-order valence-electron chi connectivity index (χ1n) is 8.90. The smallest absolute Gasteiger partial charge is 0.222 e. The molecule has 1 fully saturated rings. The number of nitrogens with two attached hydrogens (primary N) is 1. The van der Waals surface area contributed by atoms with Crippen LogP contribution in [0.2, 0.25) is 0 Å². The standard InChI is InChI=1S/C19H22N6O/c1-12-11-23-16-9-13(20)10-17(18(16)24-12)26-15-5-3-14(4-6-15)25-19-21-7-2-8-22-19/h2,7-11,14-15H,3-6,20H2,1H3,(H,21,22,25). The number of nitrogens with one attached hydrogen (secondary N) is 1. The maximum absolute atomic E-state index is 6.26. The summed E-state index contributed by atoms with van der Waals surface area (Å²) in [5, 5.41) is 3.39. The number of benzene rings is 1. The average molecular weight is 350 g/mol. The number of ether oxygens (including phenoxy) is 1. The van der Waals surface area contributed by atoms with Crippen molar-refractivity contribution in [1.29, 1.82) is 0 Å². The van der Waals surface area contributed by atoms with Gasteiger partial charge >= 0.3 is 0 Å². The van der Waals surface area contributed by atoms with Crippen molar-refractivity contribution < 1.29 is 4.74 Å². The van der Waals surface area contributed by atoms with Crippen molar-refractivity contribution >= 4 is 22.7 Å². The van der Waals surface area contributed by atoms with E-state index in [1.807, 2.05) is 25.1 Å². The average Bonchev–Trinajstić information content (AvgIpc) is 2.65. The summed E-state index contributed by atoms with van der Waals surface area (Å²) in [6.45, 7) is 1.93. The first kappa shape index (κ1) is 16.5. The molecule has 0 unspecified atom stereocenters. The van der Waals surface area contributed by atoms with Gasteiger partial charge in [-0.1, -0.05) is 0 Å². The van der Waals surface area contributed by atoms with Gasteiger partial charge < -0.3 is 15.8 Å². The maximum atomic E-state index is 6.26. The summed E-state index contributed by atoms with van der Waals surface area (Å²) in [6.07, 6.45) is 9.32. The zero-order chi connectivity index (χ0) is 17.9. The van der Waals surface area contributed by atoms with Crippen LogP contribution in [0.1, 0.15) is 31.4 Å². The molecule has 7 heteroatoms. The highest BCUT2D eigenvalue weighted by Crippen LogP contribution is 2.31. The van der Waals surface area contributed by atoms with Crippen molar-refractivity contribution in [2.24, 2.45) is 0 Å². The van der Waals surface area contributed by atoms with Crippen LogP contribution in [0.3, 0.4) is 0 Å². The van der Waals surface area contributed by atoms with Crippen LogP contribution in [0.4, 0.5) is 11.6 Å². The quantitative estimate of drug-likeness (QED) is 0.697. The fourth-order valence-corrected chi connectivity index (χ4v) is 3.34. The number of nitrogen functional groups attached to an aromatic ring is 1. The molecule has 3 aromatic rings. The number of hydrogen-bond acceptors (Lipinski definition) is 7. The second-order valence-electron chi connectivity index (χ2n) is 6.71. The molecule has 7 nitrogen and oxygen atoms in total. The van der Waals surface area contributed by atoms with Gasteiger partial charge in [-0.25, -0.2) is 15.0 Å². The molecule has 0 atom stereocenters. The highest BCUT2D eigenvalue weighted by molar-refractivity contribution is 5.84. The van der Waals surface area contributed by atoms with Gasteiger partial charge in [0, 0.05) is 36.4 Å². The Bertz CT molecular complexity index is 893. The molecule has 0 radical (unpaired) electrons. The van der Waals surface area contributed by atoms with Gasteiger partial charge in [-0.2, -0.15) is 0 Å². The SMILES string of the molecule is Cc1cnc2cc(N)cc(OC3CCC(Nc4ncccn4)CC3)c2n1. The number of aromatic nitrogens is 4. The van der Waals surface area contributed by atoms with Gasteiger partial charge in [-0.15, -0.1) is 0 Å². The topological polar surface area (TPSA) is 98.8 Å². The largest absolute Gasteiger partial charge is 0.488 e. The number of hydrogen-bond donors (Lipinski definition) is 2. The van der Waals surface area contributed by atoms with E-state index in [1.54, 1.807) is 18.6 Å². The fraction of sp³-hybridized carbons (Fsp3) is 0.368. The number of rotatable bonds is 4. The lowest BCUT2D eigenvalue weighted by Gasteiger charge is -2.29. The lowest BCUT2D eigenvalue weighted by molar-refractivity contribution is 0.152. The summed E-state index contributed by atoms with van der Waals surface area (Å²) in [7, 11) is 0. The summed E-state index contributed by atoms with van der Waals surface area (Å²) in [6, 6.07) is 5.86. The number of anilines is 2. The summed E-state index contributed by atoms with van der Waals surface area (Å²) >= 11 is 0. The predicted molar refractivity (Wildman–Crippen MR) is 101 cm³/mol. The normalized spacial score (nSPS) is 20.0. The van der Waals surface area contributed by atoms with Gasteiger partial charge in [0.1, 0.15) is 11.3 Å². The molecule has 2 heterocycles. The molecule has 26 heavy (non-hydrogen) atoms. The third-order valence-electron chi connectivity index (χ3n) is 4.62. The Kier molecular flexibility index (Phi) is 4.51. The molecular weight excluding hydrogens is 328 g/mol. The van der Waals surface area contributed by atoms with E-state index < -0.39 is 0 Å². The second kappa shape index (κ2) is 7.11. The van der Waals surface area contributed by atoms with E-state index in [0.717, 1.165) is 48.2 Å². The predicted octanol–water partition coefficient (Wildman–Crippen LogP) is 3.11. The van der Waals surface area contributed by atoms with Crippen molar-refractivity contribution in [3.63, 3.8) is 0 Å². The molecule has 0 amide bonds. The van der Waals surface area contributed by atoms with Gasteiger partial charge in [-0.05, 0) is 44.7 Å². The molecule has 0 saturated heterocycles. The number of aryl methyl sites for hydroxylation is 1. The van der Waals surface area contributed by atoms with E-state index in [4.69, 9.17) is 10.5 Å². The minimum Gasteiger partial charge on any atom is -0.488 e. The maximum Gasteiger partial charge on any atom is 0.222 e. The van der Waals surface area contributed by atoms with Gasteiger partial charge in [0.25, 0.3) is 0 Å². The molecule has 0 bridgehead atoms. The first-order valence-corrected chi connectivity index (χ1v) is 8.90. The Balaban J connectivity index is 1.43. The Labute approximate surface area is 152 Å². The monoisotopic (exact) mass is 350 g/mol. The van der Waals surface area contributed by atoms with Crippen LogP contribution >= 0.6 is 0 Å². The molecule has 0 aliphatic heterocycles. The van der Waals surface area contributed by atoms with E-state index >= 15 is 0 Å². The molecule has 1 saturated carbocycles. The van der Waals surface area contributed by atoms with Crippen LogP contribution in [-0.4, -0.2) is 32.1 Å². The van der Waals surface area contributed by atoms with Gasteiger partial charge in [0.05, 0.1) is 17.3 Å². The van der Waals surface area contributed by atoms with E-state index in [1.165, 1.54) is 0 Å². The van der Waals surface area contributed by atoms with Gasteiger partial charge in [0.2, 0.25) is 5.95 Å². The minimum atomic E-state index is 0.150. The van der Waals surface area contributed by atoms with Crippen LogP contribution < -0.4 is 15.8 Å². The van der Waals surface area contributed by atoms with E-state index in [2.05, 4.69) is 25.3 Å². The second-order valence-corrected chi connectivity index (χ2v) is 6.71. The third kappa shape index (κ3) is 3.66. The zero-order valence-electron chi connectivity index (χ0n) is 14.7. The van der Waals surface area contributed by atoms with E-state index in [-0.39, 0.29) is 6.10 Å². The van der Waals surface area contributed by atoms with E-state index in [0.29, 0.717) is 17.7 Å². The molecule has 1 aliphatic rings. The highest BCUT2D eigenvalue weighted by Gasteiger charge is 2.24. The zero-order valence-corrected chi connectivity index (χ0v) is 14.7. The van der Waals surface area contributed by atoms with Crippen LogP contribution in [0.5, 0.6) is 5.75 Å². The number of fused-ring (bicyclic) bond motifs is 1. The molecule has 1 aliphatic carbocycles. The van der Waals surface area contributed by atoms with Crippen molar-refractivity contribution in [2.75, 3.05) is 11.1 Å². The van der Waals surface area contributed by atoms with E-state index in [9.17, 15) is 0 Å². The molecule has 0 spiro atoms. The molecule has 134 valence electrons. The summed E-state index contributed by atoms with van der Waals surface area (Å²) < 4.78 is 6.26. The lowest BCUT2D eigenvalue weighted by Crippen LogP contribution is -2.31. The van der Waals surface area contributed by atoms with Crippen LogP contribution in [0, 0.1) is 6.92 Å². The van der Waals surface area contributed by atoms with Crippen LogP contribution in [0.15, 0.2) is 36.8 Å². The van der Waals surface area contributed by atoms with Gasteiger partial charge in [0.15, 0.2) is 0 Å². The molecule has 2 aromatic heterocycles. The van der Waals surface area contributed by atoms with Crippen LogP contribution in [0.25, 0.3) is 11.0 Å². The summed E-state index contributed by atoms with van der Waals surface area (Å²) in [5.41, 5.74) is 9.05. The van der Waals surface area contributed by atoms with Crippen molar-refractivity contribution in [1.82, 2.24) is 19.9 Å². The Morgan fingerprint density at radius 1 is 1.08 bits per heavy atom. The van der Waals surface area contributed by atoms with Gasteiger partial charge in [-0.3, -0.25) is 4.98 Å². The fourth-order valence-electron chi connectivity index (χ4n) is 3.34. The first-order chi connectivity index (χ1) is 12.7. The lowest BCUT2D eigenvalue weighted by atomic mass is 9.93. The Hall–Kier alpha value is -2.96. The molecule has 3 N–H and O–H groups in total. The molecule has 4 rings (SSSR count). The highest BCUT2D eigenvalue weighted by atomic mass is 16.5. The van der Waals surface area contributed by atoms with Crippen molar-refractivity contribution in [2.45, 2.75) is 44.8 Å². The minimum absolute atomic E-state index is 0.150. The summed E-state index contributed by atoms with van der Waals surface area (Å²) in [5.74, 6) is 1.41. The molecule has 1 aromatic carbocycles. The number of nitrogens with zero attached hydrogens (tertiary/aromatic N) is 4. The Morgan fingerprint density at radius 3 is 2.62 bits per heavy atom. The van der Waals surface area contributed by atoms with Crippen LogP contribution in [-0.2, 0) is 0 Å². The van der Waals surface area contributed by atoms with Crippen molar-refractivity contribution in [3.05, 3.63) is 42.5 Å².